The van der Waals surface area contributed by atoms with Crippen molar-refractivity contribution in [3.63, 3.8) is 0 Å². The zero-order chi connectivity index (χ0) is 20.0. The van der Waals surface area contributed by atoms with Gasteiger partial charge < -0.3 is 15.2 Å². The van der Waals surface area contributed by atoms with Crippen molar-refractivity contribution in [2.75, 3.05) is 19.8 Å². The van der Waals surface area contributed by atoms with E-state index in [2.05, 4.69) is 24.3 Å². The number of ether oxygens (including phenoxy) is 2. The average molecular weight is 392 g/mol. The minimum absolute atomic E-state index is 0.0330. The van der Waals surface area contributed by atoms with Crippen LogP contribution < -0.4 is 5.73 Å². The molecule has 0 spiro atoms. The van der Waals surface area contributed by atoms with Gasteiger partial charge in [-0.05, 0) is 35.1 Å². The highest BCUT2D eigenvalue weighted by Gasteiger charge is 2.44. The van der Waals surface area contributed by atoms with Crippen molar-refractivity contribution >= 4 is 12.0 Å². The summed E-state index contributed by atoms with van der Waals surface area (Å²) >= 11 is 0. The molecule has 2 bridgehead atoms. The molecule has 2 aromatic carbocycles. The molecule has 2 aliphatic heterocycles. The third-order valence-electron chi connectivity index (χ3n) is 6.47. The van der Waals surface area contributed by atoms with Crippen molar-refractivity contribution < 1.29 is 19.1 Å². The molecule has 2 atom stereocenters. The van der Waals surface area contributed by atoms with Crippen molar-refractivity contribution in [3.05, 3.63) is 59.7 Å². The maximum atomic E-state index is 13.0. The van der Waals surface area contributed by atoms with Crippen molar-refractivity contribution in [1.82, 2.24) is 4.90 Å². The van der Waals surface area contributed by atoms with E-state index in [4.69, 9.17) is 15.2 Å². The van der Waals surface area contributed by atoms with Crippen LogP contribution >= 0.6 is 0 Å². The van der Waals surface area contributed by atoms with E-state index in [0.717, 1.165) is 0 Å². The second kappa shape index (κ2) is 7.19. The van der Waals surface area contributed by atoms with Crippen LogP contribution in [-0.2, 0) is 14.3 Å². The summed E-state index contributed by atoms with van der Waals surface area (Å²) in [5, 5.41) is 0. The molecular weight excluding hydrogens is 368 g/mol. The Morgan fingerprint density at radius 2 is 1.52 bits per heavy atom. The number of hydrogen-bond acceptors (Lipinski definition) is 4. The molecule has 5 rings (SSSR count). The van der Waals surface area contributed by atoms with Crippen LogP contribution in [0.25, 0.3) is 11.1 Å². The van der Waals surface area contributed by atoms with Crippen LogP contribution in [0, 0.1) is 5.92 Å². The highest BCUT2D eigenvalue weighted by Crippen LogP contribution is 2.44. The molecule has 1 aliphatic carbocycles. The molecule has 29 heavy (non-hydrogen) atoms. The van der Waals surface area contributed by atoms with Crippen molar-refractivity contribution in [3.8, 4) is 11.1 Å². The quantitative estimate of drug-likeness (QED) is 0.871. The number of nitrogens with zero attached hydrogens (tertiary/aromatic N) is 1. The number of hydrogen-bond donors (Lipinski definition) is 1. The first kappa shape index (κ1) is 18.2. The molecule has 0 saturated carbocycles. The normalized spacial score (nSPS) is 25.2. The molecule has 0 radical (unpaired) electrons. The van der Waals surface area contributed by atoms with Crippen molar-refractivity contribution in [1.29, 1.82) is 0 Å². The first-order valence-electron chi connectivity index (χ1n) is 10.1. The summed E-state index contributed by atoms with van der Waals surface area (Å²) in [7, 11) is 0. The van der Waals surface area contributed by atoms with E-state index in [1.54, 1.807) is 4.90 Å². The van der Waals surface area contributed by atoms with E-state index >= 15 is 0 Å². The number of benzene rings is 2. The lowest BCUT2D eigenvalue weighted by atomic mass is 9.85. The summed E-state index contributed by atoms with van der Waals surface area (Å²) in [6.07, 6.45) is 0.750. The van der Waals surface area contributed by atoms with Gasteiger partial charge in [-0.15, -0.1) is 0 Å². The third-order valence-corrected chi connectivity index (χ3v) is 6.47. The molecule has 3 aliphatic rings. The Balaban J connectivity index is 1.33. The molecule has 2 unspecified atom stereocenters. The number of rotatable bonds is 3. The third kappa shape index (κ3) is 3.08. The fourth-order valence-electron chi connectivity index (χ4n) is 5.11. The van der Waals surface area contributed by atoms with E-state index < -0.39 is 0 Å². The van der Waals surface area contributed by atoms with Gasteiger partial charge in [0, 0.05) is 11.8 Å². The Morgan fingerprint density at radius 3 is 2.07 bits per heavy atom. The first-order chi connectivity index (χ1) is 14.1. The van der Waals surface area contributed by atoms with Gasteiger partial charge in [0.25, 0.3) is 0 Å². The van der Waals surface area contributed by atoms with Crippen LogP contribution in [0.3, 0.4) is 0 Å². The molecule has 150 valence electrons. The summed E-state index contributed by atoms with van der Waals surface area (Å²) in [4.78, 5) is 26.4. The van der Waals surface area contributed by atoms with Gasteiger partial charge in [0.05, 0.1) is 25.3 Å². The molecule has 2 aromatic rings. The molecule has 2 fully saturated rings. The van der Waals surface area contributed by atoms with E-state index in [0.29, 0.717) is 32.7 Å². The minimum Gasteiger partial charge on any atom is -0.448 e. The predicted octanol–water partition coefficient (Wildman–Crippen LogP) is 2.90. The van der Waals surface area contributed by atoms with Gasteiger partial charge in [0.2, 0.25) is 5.91 Å². The van der Waals surface area contributed by atoms with E-state index in [1.165, 1.54) is 22.3 Å². The number of fused-ring (bicyclic) bond motifs is 5. The number of morpholine rings is 1. The summed E-state index contributed by atoms with van der Waals surface area (Å²) in [6.45, 7) is 1.14. The Morgan fingerprint density at radius 1 is 0.966 bits per heavy atom. The van der Waals surface area contributed by atoms with Crippen molar-refractivity contribution in [2.24, 2.45) is 11.7 Å². The van der Waals surface area contributed by atoms with E-state index in [1.807, 2.05) is 24.3 Å². The number of amides is 2. The number of carbonyl (C=O) groups excluding carboxylic acids is 2. The lowest BCUT2D eigenvalue weighted by Crippen LogP contribution is -2.60. The smallest absolute Gasteiger partial charge is 0.410 e. The molecule has 2 amide bonds. The van der Waals surface area contributed by atoms with Gasteiger partial charge in [0.1, 0.15) is 6.61 Å². The van der Waals surface area contributed by atoms with Gasteiger partial charge in [0.15, 0.2) is 0 Å². The second-order valence-corrected chi connectivity index (χ2v) is 8.13. The summed E-state index contributed by atoms with van der Waals surface area (Å²) in [6, 6.07) is 16.3. The SMILES string of the molecule is NC(=O)C1CC2COCC(C1)N2C(=O)OCC1c2ccccc2-c2ccccc21. The second-order valence-electron chi connectivity index (χ2n) is 8.13. The van der Waals surface area contributed by atoms with E-state index in [-0.39, 0.29) is 35.9 Å². The zero-order valence-corrected chi connectivity index (χ0v) is 16.1. The van der Waals surface area contributed by atoms with Crippen LogP contribution in [0.15, 0.2) is 48.5 Å². The van der Waals surface area contributed by atoms with Gasteiger partial charge in [-0.25, -0.2) is 4.79 Å². The van der Waals surface area contributed by atoms with Crippen LogP contribution in [0.4, 0.5) is 4.79 Å². The van der Waals surface area contributed by atoms with Gasteiger partial charge >= 0.3 is 6.09 Å². The lowest BCUT2D eigenvalue weighted by Gasteiger charge is -2.46. The molecule has 2 saturated heterocycles. The number of primary amides is 1. The summed E-state index contributed by atoms with van der Waals surface area (Å²) < 4.78 is 11.4. The fourth-order valence-corrected chi connectivity index (χ4v) is 5.11. The molecule has 2 heterocycles. The van der Waals surface area contributed by atoms with Crippen LogP contribution in [0.2, 0.25) is 0 Å². The Bertz CT molecular complexity index is 900. The maximum Gasteiger partial charge on any atom is 0.410 e. The minimum atomic E-state index is -0.326. The number of nitrogens with two attached hydrogens (primary N) is 1. The molecule has 0 aromatic heterocycles. The van der Waals surface area contributed by atoms with Gasteiger partial charge in [-0.1, -0.05) is 48.5 Å². The van der Waals surface area contributed by atoms with Crippen molar-refractivity contribution in [2.45, 2.75) is 30.8 Å². The topological polar surface area (TPSA) is 81.9 Å². The zero-order valence-electron chi connectivity index (χ0n) is 16.1. The number of piperidine rings is 1. The van der Waals surface area contributed by atoms with Gasteiger partial charge in [-0.3, -0.25) is 9.69 Å². The Hall–Kier alpha value is -2.86. The fraction of sp³-hybridized carbons (Fsp3) is 0.391. The number of carbonyl (C=O) groups is 2. The Labute approximate surface area is 169 Å². The molecule has 6 nitrogen and oxygen atoms in total. The summed E-state index contributed by atoms with van der Waals surface area (Å²) in [5.41, 5.74) is 10.3. The largest absolute Gasteiger partial charge is 0.448 e. The van der Waals surface area contributed by atoms with Crippen LogP contribution in [-0.4, -0.2) is 48.8 Å². The first-order valence-corrected chi connectivity index (χ1v) is 10.1. The standard InChI is InChI=1S/C23H24N2O4/c24-22(26)14-9-15-11-28-12-16(10-14)25(15)23(27)29-13-21-19-7-3-1-5-17(19)18-6-2-4-8-20(18)21/h1-8,14-16,21H,9-13H2,(H2,24,26). The predicted molar refractivity (Wildman–Crippen MR) is 107 cm³/mol. The Kier molecular flexibility index (Phi) is 4.51. The molecule has 6 heteroatoms. The highest BCUT2D eigenvalue weighted by atomic mass is 16.6. The average Bonchev–Trinajstić information content (AvgIpc) is 3.05. The summed E-state index contributed by atoms with van der Waals surface area (Å²) in [5.74, 6) is -0.466. The lowest BCUT2D eigenvalue weighted by molar-refractivity contribution is -0.130. The maximum absolute atomic E-state index is 13.0. The highest BCUT2D eigenvalue weighted by molar-refractivity contribution is 5.79. The van der Waals surface area contributed by atoms with Gasteiger partial charge in [-0.2, -0.15) is 0 Å². The monoisotopic (exact) mass is 392 g/mol. The molecular formula is C23H24N2O4. The van der Waals surface area contributed by atoms with Crippen LogP contribution in [0.5, 0.6) is 0 Å². The molecule has 2 N–H and O–H groups in total. The van der Waals surface area contributed by atoms with Crippen LogP contribution in [0.1, 0.15) is 29.9 Å². The van der Waals surface area contributed by atoms with E-state index in [9.17, 15) is 9.59 Å².